The Bertz CT molecular complexity index is 1100. The van der Waals surface area contributed by atoms with E-state index < -0.39 is 0 Å². The molecule has 3 nitrogen and oxygen atoms in total. The summed E-state index contributed by atoms with van der Waals surface area (Å²) in [5.41, 5.74) is 3.30. The number of carbonyl (C=O) groups is 1. The summed E-state index contributed by atoms with van der Waals surface area (Å²) in [5, 5.41) is 6.67. The van der Waals surface area contributed by atoms with Gasteiger partial charge in [0.15, 0.2) is 5.13 Å². The highest BCUT2D eigenvalue weighted by Gasteiger charge is 2.19. The Hall–Kier alpha value is -2.50. The van der Waals surface area contributed by atoms with Crippen LogP contribution in [0.25, 0.3) is 21.2 Å². The number of benzene rings is 2. The number of carbonyl (C=O) groups excluding carboxylic acids is 1. The first kappa shape index (κ1) is 17.9. The molecule has 1 N–H and O–H groups in total. The smallest absolute Gasteiger partial charge is 0.267 e. The first-order valence-electron chi connectivity index (χ1n) is 8.76. The standard InChI is InChI=1S/C22H20N2OS2/c1-22(2,3)19-13-26-21(23-19)24-20(25)18-12-16-11-15(9-10-17(16)27-18)14-7-5-4-6-8-14/h4-13H,1-3H3,(H,23,24,25). The zero-order valence-electron chi connectivity index (χ0n) is 15.4. The third-order valence-electron chi connectivity index (χ3n) is 4.34. The molecule has 136 valence electrons. The minimum absolute atomic E-state index is 0.0229. The molecular formula is C22H20N2OS2. The Balaban J connectivity index is 1.58. The van der Waals surface area contributed by atoms with E-state index in [1.54, 1.807) is 0 Å². The van der Waals surface area contributed by atoms with Crippen molar-refractivity contribution in [3.05, 3.63) is 70.5 Å². The van der Waals surface area contributed by atoms with Gasteiger partial charge in [0.25, 0.3) is 5.91 Å². The van der Waals surface area contributed by atoms with E-state index >= 15 is 0 Å². The monoisotopic (exact) mass is 392 g/mol. The van der Waals surface area contributed by atoms with Crippen LogP contribution in [0, 0.1) is 0 Å². The first-order valence-corrected chi connectivity index (χ1v) is 10.5. The van der Waals surface area contributed by atoms with Gasteiger partial charge in [-0.05, 0) is 34.7 Å². The summed E-state index contributed by atoms with van der Waals surface area (Å²) in [6, 6.07) is 18.6. The molecule has 2 heterocycles. The lowest BCUT2D eigenvalue weighted by Crippen LogP contribution is -2.13. The van der Waals surface area contributed by atoms with Gasteiger partial charge in [0.05, 0.1) is 10.6 Å². The molecule has 27 heavy (non-hydrogen) atoms. The second-order valence-corrected chi connectivity index (χ2v) is 9.41. The molecule has 0 aliphatic heterocycles. The van der Waals surface area contributed by atoms with Crippen LogP contribution < -0.4 is 5.32 Å². The van der Waals surface area contributed by atoms with Gasteiger partial charge in [-0.1, -0.05) is 57.2 Å². The second-order valence-electron chi connectivity index (χ2n) is 7.47. The lowest BCUT2D eigenvalue weighted by Gasteiger charge is -2.14. The summed E-state index contributed by atoms with van der Waals surface area (Å²) in [4.78, 5) is 17.9. The third-order valence-corrected chi connectivity index (χ3v) is 6.21. The fourth-order valence-corrected chi connectivity index (χ4v) is 4.67. The summed E-state index contributed by atoms with van der Waals surface area (Å²) < 4.78 is 1.11. The van der Waals surface area contributed by atoms with Crippen LogP contribution in [-0.4, -0.2) is 10.9 Å². The van der Waals surface area contributed by atoms with Gasteiger partial charge in [0, 0.05) is 15.5 Å². The van der Waals surface area contributed by atoms with E-state index in [1.807, 2.05) is 29.6 Å². The molecule has 1 amide bonds. The van der Waals surface area contributed by atoms with Crippen LogP contribution in [-0.2, 0) is 5.41 Å². The quantitative estimate of drug-likeness (QED) is 0.428. The first-order chi connectivity index (χ1) is 12.9. The molecule has 4 rings (SSSR count). The van der Waals surface area contributed by atoms with Crippen LogP contribution in [0.3, 0.4) is 0 Å². The van der Waals surface area contributed by atoms with E-state index in [9.17, 15) is 4.79 Å². The minimum Gasteiger partial charge on any atom is -0.297 e. The maximum absolute atomic E-state index is 12.7. The second kappa shape index (κ2) is 6.91. The molecule has 0 radical (unpaired) electrons. The fourth-order valence-electron chi connectivity index (χ4n) is 2.80. The molecule has 5 heteroatoms. The number of hydrogen-bond donors (Lipinski definition) is 1. The molecule has 0 atom stereocenters. The highest BCUT2D eigenvalue weighted by molar-refractivity contribution is 7.21. The zero-order valence-corrected chi connectivity index (χ0v) is 17.1. The van der Waals surface area contributed by atoms with Crippen molar-refractivity contribution in [2.75, 3.05) is 5.32 Å². The van der Waals surface area contributed by atoms with Crippen molar-refractivity contribution >= 4 is 43.8 Å². The van der Waals surface area contributed by atoms with Gasteiger partial charge < -0.3 is 0 Å². The Morgan fingerprint density at radius 3 is 2.48 bits per heavy atom. The summed E-state index contributed by atoms with van der Waals surface area (Å²) in [5.74, 6) is -0.104. The molecule has 0 saturated heterocycles. The van der Waals surface area contributed by atoms with Gasteiger partial charge in [-0.3, -0.25) is 10.1 Å². The molecule has 2 aromatic heterocycles. The average Bonchev–Trinajstić information content (AvgIpc) is 3.28. The van der Waals surface area contributed by atoms with E-state index in [4.69, 9.17) is 0 Å². The normalized spacial score (nSPS) is 11.7. The van der Waals surface area contributed by atoms with E-state index in [0.717, 1.165) is 21.3 Å². The molecule has 0 saturated carbocycles. The number of fused-ring (bicyclic) bond motifs is 1. The molecule has 0 unspecified atom stereocenters. The lowest BCUT2D eigenvalue weighted by molar-refractivity contribution is 0.103. The Labute approximate surface area is 166 Å². The van der Waals surface area contributed by atoms with Gasteiger partial charge in [0.1, 0.15) is 0 Å². The molecule has 0 fully saturated rings. The number of aromatic nitrogens is 1. The molecule has 2 aromatic carbocycles. The molecule has 4 aromatic rings. The van der Waals surface area contributed by atoms with Crippen molar-refractivity contribution in [2.45, 2.75) is 26.2 Å². The van der Waals surface area contributed by atoms with E-state index in [-0.39, 0.29) is 11.3 Å². The largest absolute Gasteiger partial charge is 0.297 e. The molecule has 0 aliphatic carbocycles. The van der Waals surface area contributed by atoms with Crippen molar-refractivity contribution in [3.63, 3.8) is 0 Å². The van der Waals surface area contributed by atoms with Crippen LogP contribution in [0.5, 0.6) is 0 Å². The summed E-state index contributed by atoms with van der Waals surface area (Å²) in [6.07, 6.45) is 0. The van der Waals surface area contributed by atoms with Crippen molar-refractivity contribution < 1.29 is 4.79 Å². The average molecular weight is 393 g/mol. The molecule has 0 bridgehead atoms. The highest BCUT2D eigenvalue weighted by atomic mass is 32.1. The third kappa shape index (κ3) is 3.80. The Morgan fingerprint density at radius 1 is 1.00 bits per heavy atom. The summed E-state index contributed by atoms with van der Waals surface area (Å²) in [7, 11) is 0. The SMILES string of the molecule is CC(C)(C)c1csc(NC(=O)c2cc3cc(-c4ccccc4)ccc3s2)n1. The van der Waals surface area contributed by atoms with Crippen LogP contribution in [0.2, 0.25) is 0 Å². The maximum atomic E-state index is 12.7. The highest BCUT2D eigenvalue weighted by Crippen LogP contribution is 2.31. The van der Waals surface area contributed by atoms with Crippen molar-refractivity contribution in [1.82, 2.24) is 4.98 Å². The molecule has 0 spiro atoms. The Morgan fingerprint density at radius 2 is 1.78 bits per heavy atom. The number of thiophene rings is 1. The predicted octanol–water partition coefficient (Wildman–Crippen LogP) is 6.57. The van der Waals surface area contributed by atoms with Gasteiger partial charge >= 0.3 is 0 Å². The predicted molar refractivity (Wildman–Crippen MR) is 116 cm³/mol. The van der Waals surface area contributed by atoms with Crippen LogP contribution in [0.1, 0.15) is 36.1 Å². The Kier molecular flexibility index (Phi) is 4.58. The summed E-state index contributed by atoms with van der Waals surface area (Å²) in [6.45, 7) is 6.35. The number of anilines is 1. The maximum Gasteiger partial charge on any atom is 0.267 e. The van der Waals surface area contributed by atoms with Crippen molar-refractivity contribution in [3.8, 4) is 11.1 Å². The molecule has 0 aliphatic rings. The van der Waals surface area contributed by atoms with Gasteiger partial charge in [-0.15, -0.1) is 22.7 Å². The van der Waals surface area contributed by atoms with Gasteiger partial charge in [-0.25, -0.2) is 4.98 Å². The van der Waals surface area contributed by atoms with Crippen LogP contribution in [0.15, 0.2) is 60.0 Å². The van der Waals surface area contributed by atoms with Crippen molar-refractivity contribution in [1.29, 1.82) is 0 Å². The topological polar surface area (TPSA) is 42.0 Å². The number of nitrogens with zero attached hydrogens (tertiary/aromatic N) is 1. The number of rotatable bonds is 3. The van der Waals surface area contributed by atoms with E-state index in [1.165, 1.54) is 28.2 Å². The number of hydrogen-bond acceptors (Lipinski definition) is 4. The van der Waals surface area contributed by atoms with Crippen molar-refractivity contribution in [2.24, 2.45) is 0 Å². The van der Waals surface area contributed by atoms with Gasteiger partial charge in [-0.2, -0.15) is 0 Å². The zero-order chi connectivity index (χ0) is 19.0. The van der Waals surface area contributed by atoms with E-state index in [2.05, 4.69) is 61.4 Å². The van der Waals surface area contributed by atoms with Crippen LogP contribution >= 0.6 is 22.7 Å². The fraction of sp³-hybridized carbons (Fsp3) is 0.182. The van der Waals surface area contributed by atoms with Crippen LogP contribution in [0.4, 0.5) is 5.13 Å². The lowest BCUT2D eigenvalue weighted by atomic mass is 9.93. The minimum atomic E-state index is -0.104. The number of nitrogens with one attached hydrogen (secondary N) is 1. The van der Waals surface area contributed by atoms with E-state index in [0.29, 0.717) is 10.0 Å². The summed E-state index contributed by atoms with van der Waals surface area (Å²) >= 11 is 2.97. The van der Waals surface area contributed by atoms with Gasteiger partial charge in [0.2, 0.25) is 0 Å². The molecular weight excluding hydrogens is 372 g/mol. The number of thiazole rings is 1. The number of amides is 1.